The van der Waals surface area contributed by atoms with Crippen LogP contribution in [-0.4, -0.2) is 0 Å². The molecule has 0 nitrogen and oxygen atoms in total. The summed E-state index contributed by atoms with van der Waals surface area (Å²) in [6.45, 7) is 6.35. The highest BCUT2D eigenvalue weighted by Crippen LogP contribution is 2.19. The molecule has 0 radical (unpaired) electrons. The van der Waals surface area contributed by atoms with Crippen LogP contribution in [-0.2, 0) is 0 Å². The molecule has 1 rings (SSSR count). The van der Waals surface area contributed by atoms with E-state index >= 15 is 0 Å². The fourth-order valence-electron chi connectivity index (χ4n) is 0.942. The summed E-state index contributed by atoms with van der Waals surface area (Å²) in [5, 5.41) is 0. The molecule has 1 aromatic rings. The van der Waals surface area contributed by atoms with Gasteiger partial charge in [0.2, 0.25) is 0 Å². The van der Waals surface area contributed by atoms with Gasteiger partial charge in [0.25, 0.3) is 0 Å². The molecule has 0 N–H and O–H groups in total. The summed E-state index contributed by atoms with van der Waals surface area (Å²) in [5.74, 6) is 0. The Kier molecular flexibility index (Phi) is 2.05. The SMILES string of the molecule is Cc1ccc(S)c(C)c1C. The van der Waals surface area contributed by atoms with Gasteiger partial charge in [-0.25, -0.2) is 0 Å². The first-order chi connectivity index (χ1) is 4.63. The second-order valence-corrected chi connectivity index (χ2v) is 3.13. The van der Waals surface area contributed by atoms with Crippen molar-refractivity contribution in [1.29, 1.82) is 0 Å². The summed E-state index contributed by atoms with van der Waals surface area (Å²) >= 11 is 4.31. The van der Waals surface area contributed by atoms with Gasteiger partial charge >= 0.3 is 0 Å². The van der Waals surface area contributed by atoms with E-state index in [-0.39, 0.29) is 0 Å². The van der Waals surface area contributed by atoms with Crippen LogP contribution in [0.15, 0.2) is 17.0 Å². The van der Waals surface area contributed by atoms with Crippen LogP contribution in [0.3, 0.4) is 0 Å². The van der Waals surface area contributed by atoms with Crippen LogP contribution in [0.25, 0.3) is 0 Å². The fraction of sp³-hybridized carbons (Fsp3) is 0.333. The molecular formula is C9H12S. The molecule has 0 aliphatic heterocycles. The molecule has 1 heteroatoms. The molecule has 10 heavy (non-hydrogen) atoms. The Labute approximate surface area is 67.7 Å². The van der Waals surface area contributed by atoms with Gasteiger partial charge < -0.3 is 0 Å². The fourth-order valence-corrected chi connectivity index (χ4v) is 1.18. The first kappa shape index (κ1) is 7.67. The molecule has 0 heterocycles. The Morgan fingerprint density at radius 2 is 1.60 bits per heavy atom. The van der Waals surface area contributed by atoms with Gasteiger partial charge in [-0.3, -0.25) is 0 Å². The molecule has 0 unspecified atom stereocenters. The van der Waals surface area contributed by atoms with Crippen LogP contribution in [0, 0.1) is 20.8 Å². The molecule has 0 aromatic heterocycles. The second-order valence-electron chi connectivity index (χ2n) is 2.65. The van der Waals surface area contributed by atoms with Gasteiger partial charge in [0.1, 0.15) is 0 Å². The third kappa shape index (κ3) is 1.19. The van der Waals surface area contributed by atoms with Crippen molar-refractivity contribution in [3.05, 3.63) is 28.8 Å². The lowest BCUT2D eigenvalue weighted by Gasteiger charge is -2.05. The normalized spacial score (nSPS) is 10.0. The van der Waals surface area contributed by atoms with Crippen LogP contribution in [0.1, 0.15) is 16.7 Å². The molecule has 0 saturated carbocycles. The van der Waals surface area contributed by atoms with Gasteiger partial charge in [-0.05, 0) is 43.5 Å². The van der Waals surface area contributed by atoms with Crippen molar-refractivity contribution in [3.63, 3.8) is 0 Å². The first-order valence-corrected chi connectivity index (χ1v) is 3.83. The van der Waals surface area contributed by atoms with Crippen LogP contribution in [0.4, 0.5) is 0 Å². The molecule has 0 amide bonds. The predicted molar refractivity (Wildman–Crippen MR) is 47.9 cm³/mol. The topological polar surface area (TPSA) is 0 Å². The quantitative estimate of drug-likeness (QED) is 0.543. The van der Waals surface area contributed by atoms with Gasteiger partial charge in [0.15, 0.2) is 0 Å². The largest absolute Gasteiger partial charge is 0.143 e. The Bertz CT molecular complexity index is 224. The zero-order valence-electron chi connectivity index (χ0n) is 6.60. The summed E-state index contributed by atoms with van der Waals surface area (Å²) in [6.07, 6.45) is 0. The van der Waals surface area contributed by atoms with Crippen molar-refractivity contribution in [2.45, 2.75) is 25.7 Å². The summed E-state index contributed by atoms with van der Waals surface area (Å²) in [6, 6.07) is 4.14. The third-order valence-electron chi connectivity index (χ3n) is 2.03. The number of aryl methyl sites for hydroxylation is 1. The number of hydrogen-bond donors (Lipinski definition) is 1. The van der Waals surface area contributed by atoms with Gasteiger partial charge in [-0.2, -0.15) is 0 Å². The summed E-state index contributed by atoms with van der Waals surface area (Å²) in [4.78, 5) is 1.09. The van der Waals surface area contributed by atoms with E-state index in [1.54, 1.807) is 0 Å². The maximum atomic E-state index is 4.31. The standard InChI is InChI=1S/C9H12S/c1-6-4-5-9(10)8(3)7(6)2/h4-5,10H,1-3H3. The van der Waals surface area contributed by atoms with E-state index in [1.807, 2.05) is 6.07 Å². The van der Waals surface area contributed by atoms with E-state index < -0.39 is 0 Å². The molecule has 0 spiro atoms. The van der Waals surface area contributed by atoms with Crippen molar-refractivity contribution >= 4 is 12.6 Å². The van der Waals surface area contributed by atoms with Gasteiger partial charge in [-0.1, -0.05) is 6.07 Å². The smallest absolute Gasteiger partial charge is 0.00720 e. The Morgan fingerprint density at radius 3 is 2.10 bits per heavy atom. The molecule has 0 aliphatic rings. The van der Waals surface area contributed by atoms with E-state index in [9.17, 15) is 0 Å². The minimum atomic E-state index is 1.09. The van der Waals surface area contributed by atoms with E-state index in [4.69, 9.17) is 0 Å². The molecule has 54 valence electrons. The minimum Gasteiger partial charge on any atom is -0.143 e. The monoisotopic (exact) mass is 152 g/mol. The Balaban J connectivity index is 3.34. The highest BCUT2D eigenvalue weighted by atomic mass is 32.1. The first-order valence-electron chi connectivity index (χ1n) is 3.38. The lowest BCUT2D eigenvalue weighted by atomic mass is 10.1. The van der Waals surface area contributed by atoms with E-state index in [0.717, 1.165) is 4.90 Å². The van der Waals surface area contributed by atoms with Crippen LogP contribution < -0.4 is 0 Å². The number of thiol groups is 1. The zero-order valence-corrected chi connectivity index (χ0v) is 7.50. The van der Waals surface area contributed by atoms with Crippen molar-refractivity contribution < 1.29 is 0 Å². The number of rotatable bonds is 0. The van der Waals surface area contributed by atoms with Crippen LogP contribution >= 0.6 is 12.6 Å². The lowest BCUT2D eigenvalue weighted by molar-refractivity contribution is 1.19. The van der Waals surface area contributed by atoms with Crippen LogP contribution in [0.2, 0.25) is 0 Å². The zero-order chi connectivity index (χ0) is 7.72. The van der Waals surface area contributed by atoms with Gasteiger partial charge in [-0.15, -0.1) is 12.6 Å². The average molecular weight is 152 g/mol. The van der Waals surface area contributed by atoms with Crippen molar-refractivity contribution in [3.8, 4) is 0 Å². The van der Waals surface area contributed by atoms with Crippen molar-refractivity contribution in [2.75, 3.05) is 0 Å². The molecule has 0 saturated heterocycles. The summed E-state index contributed by atoms with van der Waals surface area (Å²) < 4.78 is 0. The number of hydrogen-bond acceptors (Lipinski definition) is 1. The maximum Gasteiger partial charge on any atom is 0.00720 e. The Hall–Kier alpha value is -0.430. The molecule has 1 aromatic carbocycles. The second kappa shape index (κ2) is 2.67. The van der Waals surface area contributed by atoms with Crippen LogP contribution in [0.5, 0.6) is 0 Å². The van der Waals surface area contributed by atoms with Gasteiger partial charge in [0.05, 0.1) is 0 Å². The maximum absolute atomic E-state index is 4.31. The van der Waals surface area contributed by atoms with E-state index in [2.05, 4.69) is 39.5 Å². The summed E-state index contributed by atoms with van der Waals surface area (Å²) in [5.41, 5.74) is 3.99. The Morgan fingerprint density at radius 1 is 1.00 bits per heavy atom. The highest BCUT2D eigenvalue weighted by Gasteiger charge is 1.98. The highest BCUT2D eigenvalue weighted by molar-refractivity contribution is 7.80. The summed E-state index contributed by atoms with van der Waals surface area (Å²) in [7, 11) is 0. The van der Waals surface area contributed by atoms with Gasteiger partial charge in [0, 0.05) is 4.90 Å². The van der Waals surface area contributed by atoms with Crippen molar-refractivity contribution in [1.82, 2.24) is 0 Å². The molecular weight excluding hydrogens is 140 g/mol. The predicted octanol–water partition coefficient (Wildman–Crippen LogP) is 2.90. The average Bonchev–Trinajstić information content (AvgIpc) is 1.93. The third-order valence-corrected chi connectivity index (χ3v) is 2.51. The molecule has 0 fully saturated rings. The molecule has 0 aliphatic carbocycles. The van der Waals surface area contributed by atoms with Crippen molar-refractivity contribution in [2.24, 2.45) is 0 Å². The molecule has 0 bridgehead atoms. The van der Waals surface area contributed by atoms with E-state index in [0.29, 0.717) is 0 Å². The minimum absolute atomic E-state index is 1.09. The lowest BCUT2D eigenvalue weighted by Crippen LogP contribution is -1.86. The molecule has 0 atom stereocenters. The van der Waals surface area contributed by atoms with E-state index in [1.165, 1.54) is 16.7 Å². The number of benzene rings is 1.